The van der Waals surface area contributed by atoms with Crippen LogP contribution in [-0.2, 0) is 21.7 Å². The molecule has 8 nitrogen and oxygen atoms in total. The van der Waals surface area contributed by atoms with Crippen molar-refractivity contribution in [1.82, 2.24) is 14.9 Å². The summed E-state index contributed by atoms with van der Waals surface area (Å²) in [7, 11) is 0. The van der Waals surface area contributed by atoms with Crippen molar-refractivity contribution >= 4 is 22.7 Å². The lowest BCUT2D eigenvalue weighted by atomic mass is 9.89. The summed E-state index contributed by atoms with van der Waals surface area (Å²) in [5, 5.41) is 11.7. The van der Waals surface area contributed by atoms with Crippen LogP contribution in [0, 0.1) is 5.92 Å². The maximum Gasteiger partial charge on any atom is 0.265 e. The van der Waals surface area contributed by atoms with Gasteiger partial charge in [-0.25, -0.2) is 10.0 Å². The number of fused-ring (bicyclic) bond motifs is 1. The van der Waals surface area contributed by atoms with Crippen LogP contribution in [-0.4, -0.2) is 51.6 Å². The number of ether oxygens (including phenoxy) is 1. The highest BCUT2D eigenvalue weighted by atomic mass is 16.5. The summed E-state index contributed by atoms with van der Waals surface area (Å²) in [6.07, 6.45) is 0.375. The fraction of sp³-hybridized carbons (Fsp3) is 0.281. The van der Waals surface area contributed by atoms with Gasteiger partial charge in [0, 0.05) is 23.1 Å². The van der Waals surface area contributed by atoms with Crippen molar-refractivity contribution in [3.05, 3.63) is 96.1 Å². The molecule has 3 aromatic carbocycles. The van der Waals surface area contributed by atoms with E-state index in [1.165, 1.54) is 4.90 Å². The van der Waals surface area contributed by atoms with E-state index in [-0.39, 0.29) is 24.9 Å². The second kappa shape index (κ2) is 11.5. The van der Waals surface area contributed by atoms with Crippen LogP contribution in [0.25, 0.3) is 22.2 Å². The normalized spacial score (nSPS) is 17.0. The second-order valence-electron chi connectivity index (χ2n) is 10.7. The Morgan fingerprint density at radius 1 is 1.07 bits per heavy atom. The zero-order valence-corrected chi connectivity index (χ0v) is 22.8. The largest absolute Gasteiger partial charge is 0.489 e. The number of aromatic nitrogens is 1. The number of nitrogens with zero attached hydrogens (tertiary/aromatic N) is 3. The molecule has 1 aliphatic heterocycles. The third-order valence-electron chi connectivity index (χ3n) is 7.23. The van der Waals surface area contributed by atoms with Gasteiger partial charge in [0.2, 0.25) is 5.91 Å². The van der Waals surface area contributed by atoms with Crippen molar-refractivity contribution in [2.45, 2.75) is 32.4 Å². The monoisotopic (exact) mass is 538 g/mol. The van der Waals surface area contributed by atoms with Crippen molar-refractivity contribution in [1.29, 1.82) is 0 Å². The van der Waals surface area contributed by atoms with E-state index >= 15 is 0 Å². The summed E-state index contributed by atoms with van der Waals surface area (Å²) >= 11 is 0. The minimum absolute atomic E-state index is 0.112. The standard InChI is InChI=1S/C32H34N4O4/c1-22(2)19-36(39)30(37)20-35-17-16-32(33,31(35)38)25-12-14-26(15-13-25)40-21-24-18-29(23-8-4-3-5-9-23)34-28-11-7-6-10-27(24)28/h3-15,18,22,39H,16-17,19-21,33H2,1-2H3/t32-/m1/s1. The first-order valence-electron chi connectivity index (χ1n) is 13.5. The van der Waals surface area contributed by atoms with E-state index in [0.29, 0.717) is 35.9 Å². The summed E-state index contributed by atoms with van der Waals surface area (Å²) in [6.45, 7) is 4.49. The Kier molecular flexibility index (Phi) is 7.82. The van der Waals surface area contributed by atoms with Crippen molar-refractivity contribution in [3.8, 4) is 17.0 Å². The number of pyridine rings is 1. The molecular weight excluding hydrogens is 504 g/mol. The molecule has 40 heavy (non-hydrogen) atoms. The van der Waals surface area contributed by atoms with Crippen LogP contribution < -0.4 is 10.5 Å². The van der Waals surface area contributed by atoms with Gasteiger partial charge >= 0.3 is 0 Å². The van der Waals surface area contributed by atoms with Crippen LogP contribution in [0.5, 0.6) is 5.75 Å². The molecule has 5 rings (SSSR count). The number of rotatable bonds is 9. The maximum absolute atomic E-state index is 13.2. The fourth-order valence-electron chi connectivity index (χ4n) is 5.05. The quantitative estimate of drug-likeness (QED) is 0.235. The highest BCUT2D eigenvalue weighted by molar-refractivity contribution is 5.92. The lowest BCUT2D eigenvalue weighted by Crippen LogP contribution is -2.48. The van der Waals surface area contributed by atoms with E-state index in [9.17, 15) is 14.8 Å². The number of hydrogen-bond donors (Lipinski definition) is 2. The minimum atomic E-state index is -1.23. The molecule has 0 saturated carbocycles. The van der Waals surface area contributed by atoms with Gasteiger partial charge < -0.3 is 15.4 Å². The van der Waals surface area contributed by atoms with Gasteiger partial charge in [0.1, 0.15) is 24.4 Å². The Balaban J connectivity index is 1.28. The molecule has 1 atom stereocenters. The Morgan fingerprint density at radius 3 is 2.50 bits per heavy atom. The number of likely N-dealkylation sites (tertiary alicyclic amines) is 1. The lowest BCUT2D eigenvalue weighted by molar-refractivity contribution is -0.169. The first kappa shape index (κ1) is 27.3. The third-order valence-corrected chi connectivity index (χ3v) is 7.23. The Hall–Kier alpha value is -4.27. The summed E-state index contributed by atoms with van der Waals surface area (Å²) in [6, 6.07) is 27.3. The first-order valence-corrected chi connectivity index (χ1v) is 13.5. The van der Waals surface area contributed by atoms with E-state index in [1.807, 2.05) is 80.6 Å². The molecule has 2 amide bonds. The number of para-hydroxylation sites is 1. The molecule has 0 bridgehead atoms. The number of amides is 2. The molecule has 1 saturated heterocycles. The van der Waals surface area contributed by atoms with Gasteiger partial charge in [0.05, 0.1) is 17.8 Å². The van der Waals surface area contributed by atoms with E-state index in [0.717, 1.165) is 27.7 Å². The molecule has 1 aliphatic rings. The highest BCUT2D eigenvalue weighted by Gasteiger charge is 2.45. The number of carbonyl (C=O) groups excluding carboxylic acids is 2. The van der Waals surface area contributed by atoms with E-state index < -0.39 is 11.4 Å². The molecule has 206 valence electrons. The predicted molar refractivity (Wildman–Crippen MR) is 153 cm³/mol. The topological polar surface area (TPSA) is 109 Å². The SMILES string of the molecule is CC(C)CN(O)C(=O)CN1CC[C@@](N)(c2ccc(OCc3cc(-c4ccccc4)nc4ccccc34)cc2)C1=O. The van der Waals surface area contributed by atoms with Crippen LogP contribution in [0.1, 0.15) is 31.4 Å². The van der Waals surface area contributed by atoms with Gasteiger partial charge in [-0.15, -0.1) is 0 Å². The zero-order chi connectivity index (χ0) is 28.3. The molecule has 0 spiro atoms. The molecule has 0 aliphatic carbocycles. The van der Waals surface area contributed by atoms with Crippen LogP contribution in [0.2, 0.25) is 0 Å². The number of hydroxylamine groups is 2. The Labute approximate surface area is 233 Å². The number of hydrogen-bond acceptors (Lipinski definition) is 6. The van der Waals surface area contributed by atoms with E-state index in [4.69, 9.17) is 15.5 Å². The summed E-state index contributed by atoms with van der Waals surface area (Å²) in [4.78, 5) is 31.8. The van der Waals surface area contributed by atoms with Crippen LogP contribution in [0.4, 0.5) is 0 Å². The minimum Gasteiger partial charge on any atom is -0.489 e. The summed E-state index contributed by atoms with van der Waals surface area (Å²) in [5.74, 6) is -0.0874. The molecular formula is C32H34N4O4. The van der Waals surface area contributed by atoms with Crippen LogP contribution in [0.15, 0.2) is 84.9 Å². The molecule has 1 fully saturated rings. The van der Waals surface area contributed by atoms with Gasteiger partial charge in [-0.3, -0.25) is 14.8 Å². The fourth-order valence-corrected chi connectivity index (χ4v) is 5.05. The van der Waals surface area contributed by atoms with E-state index in [1.54, 1.807) is 12.1 Å². The number of carbonyl (C=O) groups is 2. The Bertz CT molecular complexity index is 1510. The molecule has 0 radical (unpaired) electrons. The second-order valence-corrected chi connectivity index (χ2v) is 10.7. The maximum atomic E-state index is 13.2. The molecule has 4 aromatic rings. The zero-order valence-electron chi connectivity index (χ0n) is 22.8. The first-order chi connectivity index (χ1) is 19.2. The van der Waals surface area contributed by atoms with Crippen LogP contribution >= 0.6 is 0 Å². The van der Waals surface area contributed by atoms with Gasteiger partial charge in [0.15, 0.2) is 0 Å². The Morgan fingerprint density at radius 2 is 1.77 bits per heavy atom. The van der Waals surface area contributed by atoms with Gasteiger partial charge in [0.25, 0.3) is 5.91 Å². The van der Waals surface area contributed by atoms with Gasteiger partial charge in [-0.1, -0.05) is 74.5 Å². The summed E-state index contributed by atoms with van der Waals surface area (Å²) < 4.78 is 6.16. The smallest absolute Gasteiger partial charge is 0.265 e. The molecule has 8 heteroatoms. The molecule has 3 N–H and O–H groups in total. The average Bonchev–Trinajstić information content (AvgIpc) is 3.25. The highest BCUT2D eigenvalue weighted by Crippen LogP contribution is 2.32. The predicted octanol–water partition coefficient (Wildman–Crippen LogP) is 4.74. The van der Waals surface area contributed by atoms with Crippen molar-refractivity contribution in [3.63, 3.8) is 0 Å². The third kappa shape index (κ3) is 5.68. The van der Waals surface area contributed by atoms with E-state index in [2.05, 4.69) is 6.07 Å². The van der Waals surface area contributed by atoms with Gasteiger partial charge in [-0.2, -0.15) is 0 Å². The van der Waals surface area contributed by atoms with Crippen molar-refractivity contribution in [2.75, 3.05) is 19.6 Å². The lowest BCUT2D eigenvalue weighted by Gasteiger charge is -2.25. The van der Waals surface area contributed by atoms with Crippen LogP contribution in [0.3, 0.4) is 0 Å². The summed E-state index contributed by atoms with van der Waals surface area (Å²) in [5.41, 5.74) is 9.84. The van der Waals surface area contributed by atoms with Crippen molar-refractivity contribution in [2.24, 2.45) is 11.7 Å². The molecule has 1 aromatic heterocycles. The average molecular weight is 539 g/mol. The number of nitrogens with two attached hydrogens (primary N) is 1. The van der Waals surface area contributed by atoms with Crippen molar-refractivity contribution < 1.29 is 19.5 Å². The van der Waals surface area contributed by atoms with Gasteiger partial charge in [-0.05, 0) is 42.2 Å². The number of benzene rings is 3. The molecule has 2 heterocycles. The molecule has 0 unspecified atom stereocenters.